The molecule has 14 heteroatoms. The molecule has 160 valence electrons. The maximum atomic E-state index is 13.3. The van der Waals surface area contributed by atoms with Crippen LogP contribution in [0, 0.1) is 5.82 Å². The van der Waals surface area contributed by atoms with Gasteiger partial charge in [-0.1, -0.05) is 12.1 Å². The second kappa shape index (κ2) is 9.20. The van der Waals surface area contributed by atoms with Crippen molar-refractivity contribution in [2.24, 2.45) is 0 Å². The first-order chi connectivity index (χ1) is 14.2. The van der Waals surface area contributed by atoms with Gasteiger partial charge in [-0.2, -0.15) is 0 Å². The van der Waals surface area contributed by atoms with E-state index in [1.54, 1.807) is 6.20 Å². The molecule has 0 spiro atoms. The van der Waals surface area contributed by atoms with Crippen LogP contribution in [0.3, 0.4) is 0 Å². The summed E-state index contributed by atoms with van der Waals surface area (Å²) in [6.45, 7) is -0.701. The molecule has 2 unspecified atom stereocenters. The Bertz CT molecular complexity index is 1130. The SMILES string of the molecule is Nc1ncnc2c1c(-c1ccc(F)cc1)cn2[C@@H]1O[C@H](COP(=O)([O-])O)C(O)[C@@H]1O.[Na+]. The molecule has 3 heterocycles. The number of hydrogen-bond donors (Lipinski definition) is 4. The molecule has 1 fully saturated rings. The summed E-state index contributed by atoms with van der Waals surface area (Å²) in [5, 5.41) is 21.1. The Hall–Kier alpha value is -1.44. The zero-order valence-electron chi connectivity index (χ0n) is 16.2. The maximum absolute atomic E-state index is 13.3. The van der Waals surface area contributed by atoms with Crippen LogP contribution in [0.2, 0.25) is 0 Å². The Balaban J connectivity index is 0.00000272. The monoisotopic (exact) mass is 462 g/mol. The largest absolute Gasteiger partial charge is 1.00 e. The average Bonchev–Trinajstić information content (AvgIpc) is 3.20. The fourth-order valence-corrected chi connectivity index (χ4v) is 3.75. The molecule has 0 radical (unpaired) electrons. The van der Waals surface area contributed by atoms with Crippen LogP contribution in [0.5, 0.6) is 0 Å². The van der Waals surface area contributed by atoms with Gasteiger partial charge in [0, 0.05) is 11.8 Å². The second-order valence-electron chi connectivity index (χ2n) is 6.73. The molecule has 1 aliphatic heterocycles. The summed E-state index contributed by atoms with van der Waals surface area (Å²) in [5.41, 5.74) is 7.42. The summed E-state index contributed by atoms with van der Waals surface area (Å²) < 4.78 is 35.4. The van der Waals surface area contributed by atoms with Crippen LogP contribution >= 0.6 is 7.82 Å². The van der Waals surface area contributed by atoms with Crippen molar-refractivity contribution in [3.05, 3.63) is 42.6 Å². The van der Waals surface area contributed by atoms with E-state index in [0.717, 1.165) is 0 Å². The smallest absolute Gasteiger partial charge is 0.756 e. The Labute approximate surface area is 197 Å². The number of nitrogens with two attached hydrogens (primary N) is 1. The Morgan fingerprint density at radius 2 is 1.94 bits per heavy atom. The van der Waals surface area contributed by atoms with E-state index in [9.17, 15) is 24.1 Å². The van der Waals surface area contributed by atoms with Gasteiger partial charge in [0.1, 0.15) is 41.9 Å². The molecule has 1 saturated heterocycles. The number of nitrogens with zero attached hydrogens (tertiary/aromatic N) is 3. The molecular weight excluding hydrogens is 445 g/mol. The first-order valence-corrected chi connectivity index (χ1v) is 10.2. The van der Waals surface area contributed by atoms with E-state index in [-0.39, 0.29) is 41.0 Å². The molecule has 5 N–H and O–H groups in total. The van der Waals surface area contributed by atoms with Crippen molar-refractivity contribution < 1.29 is 67.8 Å². The molecule has 0 amide bonds. The van der Waals surface area contributed by atoms with Crippen molar-refractivity contribution >= 4 is 24.7 Å². The van der Waals surface area contributed by atoms with Crippen molar-refractivity contribution in [1.29, 1.82) is 0 Å². The van der Waals surface area contributed by atoms with Crippen LogP contribution in [0.4, 0.5) is 10.2 Å². The molecule has 5 atom stereocenters. The van der Waals surface area contributed by atoms with E-state index in [0.29, 0.717) is 16.5 Å². The van der Waals surface area contributed by atoms with E-state index < -0.39 is 44.8 Å². The van der Waals surface area contributed by atoms with Gasteiger partial charge in [-0.3, -0.25) is 4.57 Å². The molecule has 4 rings (SSSR count). The standard InChI is InChI=1S/C17H18FN4O7P.Na/c18-9-3-1-8(2-4-9)10-5-22(16-12(10)15(19)20-7-21-16)17-14(24)13(23)11(29-17)6-28-30(25,26)27;/h1-5,7,11,13-14,17,23-24H,6H2,(H2,19,20,21)(H2,25,26,27);/q;+1/p-1/t11-,13?,14+,17-;/m1./s1. The van der Waals surface area contributed by atoms with Gasteiger partial charge in [0.05, 0.1) is 12.0 Å². The van der Waals surface area contributed by atoms with Crippen LogP contribution in [-0.4, -0.2) is 54.6 Å². The third-order valence-electron chi connectivity index (χ3n) is 4.81. The summed E-state index contributed by atoms with van der Waals surface area (Å²) in [4.78, 5) is 27.7. The van der Waals surface area contributed by atoms with E-state index >= 15 is 0 Å². The van der Waals surface area contributed by atoms with Crippen LogP contribution in [0.1, 0.15) is 6.23 Å². The van der Waals surface area contributed by atoms with Crippen molar-refractivity contribution in [2.45, 2.75) is 24.5 Å². The number of phosphoric ester groups is 1. The van der Waals surface area contributed by atoms with Gasteiger partial charge in [0.15, 0.2) is 6.23 Å². The van der Waals surface area contributed by atoms with Gasteiger partial charge in [0.2, 0.25) is 0 Å². The number of hydrogen-bond acceptors (Lipinski definition) is 9. The van der Waals surface area contributed by atoms with Crippen LogP contribution in [-0.2, 0) is 13.8 Å². The minimum Gasteiger partial charge on any atom is -0.756 e. The molecule has 0 aliphatic carbocycles. The molecule has 1 aliphatic rings. The molecule has 0 bridgehead atoms. The third kappa shape index (κ3) is 4.83. The maximum Gasteiger partial charge on any atom is 1.00 e. The molecule has 1 aromatic carbocycles. The van der Waals surface area contributed by atoms with Gasteiger partial charge in [-0.25, -0.2) is 14.4 Å². The van der Waals surface area contributed by atoms with E-state index in [1.807, 2.05) is 0 Å². The predicted molar refractivity (Wildman–Crippen MR) is 99.0 cm³/mol. The average molecular weight is 462 g/mol. The molecule has 31 heavy (non-hydrogen) atoms. The number of phosphoric acid groups is 1. The third-order valence-corrected chi connectivity index (χ3v) is 5.28. The Morgan fingerprint density at radius 1 is 1.26 bits per heavy atom. The number of benzene rings is 1. The van der Waals surface area contributed by atoms with Gasteiger partial charge >= 0.3 is 29.6 Å². The van der Waals surface area contributed by atoms with Gasteiger partial charge in [0.25, 0.3) is 7.82 Å². The van der Waals surface area contributed by atoms with Crippen molar-refractivity contribution in [1.82, 2.24) is 14.5 Å². The normalized spacial score (nSPS) is 25.3. The van der Waals surface area contributed by atoms with Crippen LogP contribution in [0.25, 0.3) is 22.2 Å². The van der Waals surface area contributed by atoms with Crippen LogP contribution in [0.15, 0.2) is 36.8 Å². The number of ether oxygens (including phenoxy) is 1. The van der Waals surface area contributed by atoms with Gasteiger partial charge in [-0.15, -0.1) is 0 Å². The fraction of sp³-hybridized carbons (Fsp3) is 0.294. The molecule has 2 aromatic heterocycles. The van der Waals surface area contributed by atoms with Gasteiger partial charge in [-0.05, 0) is 17.7 Å². The number of halogens is 1. The number of nitrogen functional groups attached to an aromatic ring is 1. The zero-order valence-corrected chi connectivity index (χ0v) is 19.1. The van der Waals surface area contributed by atoms with Crippen molar-refractivity contribution in [2.75, 3.05) is 12.3 Å². The first-order valence-electron chi connectivity index (χ1n) is 8.72. The Kier molecular flexibility index (Phi) is 7.18. The second-order valence-corrected chi connectivity index (χ2v) is 7.92. The van der Waals surface area contributed by atoms with E-state index in [2.05, 4.69) is 14.5 Å². The number of fused-ring (bicyclic) bond motifs is 1. The minimum atomic E-state index is -5.04. The predicted octanol–water partition coefficient (Wildman–Crippen LogP) is -3.08. The van der Waals surface area contributed by atoms with Gasteiger partial charge < -0.3 is 39.6 Å². The topological polar surface area (TPSA) is 176 Å². The summed E-state index contributed by atoms with van der Waals surface area (Å²) in [6, 6.07) is 5.61. The first kappa shape index (κ1) is 24.2. The number of rotatable bonds is 5. The molecular formula is C17H17FN4NaO7P. The molecule has 11 nitrogen and oxygen atoms in total. The summed E-state index contributed by atoms with van der Waals surface area (Å²) in [6.07, 6.45) is -2.64. The Morgan fingerprint density at radius 3 is 2.58 bits per heavy atom. The number of aromatic nitrogens is 3. The number of anilines is 1. The summed E-state index contributed by atoms with van der Waals surface area (Å²) in [7, 11) is -5.04. The van der Waals surface area contributed by atoms with Crippen molar-refractivity contribution in [3.63, 3.8) is 0 Å². The van der Waals surface area contributed by atoms with Crippen molar-refractivity contribution in [3.8, 4) is 11.1 Å². The molecule has 0 saturated carbocycles. The zero-order chi connectivity index (χ0) is 21.6. The fourth-order valence-electron chi connectivity index (χ4n) is 3.42. The molecule has 3 aromatic rings. The number of aliphatic hydroxyl groups excluding tert-OH is 2. The number of aliphatic hydroxyl groups is 2. The van der Waals surface area contributed by atoms with E-state index in [4.69, 9.17) is 15.4 Å². The van der Waals surface area contributed by atoms with Crippen LogP contribution < -0.4 is 40.2 Å². The quantitative estimate of drug-likeness (QED) is 0.225. The summed E-state index contributed by atoms with van der Waals surface area (Å²) in [5.74, 6) is -0.287. The summed E-state index contributed by atoms with van der Waals surface area (Å²) >= 11 is 0. The van der Waals surface area contributed by atoms with E-state index in [1.165, 1.54) is 35.2 Å². The minimum absolute atomic E-state index is 0.